The van der Waals surface area contributed by atoms with E-state index >= 15 is 0 Å². The van der Waals surface area contributed by atoms with Gasteiger partial charge in [-0.25, -0.2) is 9.59 Å². The van der Waals surface area contributed by atoms with Crippen LogP contribution < -0.4 is 20.9 Å². The molecule has 3 heterocycles. The molecule has 6 rings (SSSR count). The number of H-pyrrole nitrogens is 1. The molecule has 0 saturated carbocycles. The number of aliphatic hydroxyl groups excluding tert-OH is 1. The van der Waals surface area contributed by atoms with Crippen molar-refractivity contribution in [2.75, 3.05) is 35.2 Å². The third-order valence-electron chi connectivity index (χ3n) is 8.83. The van der Waals surface area contributed by atoms with Crippen molar-refractivity contribution in [2.24, 2.45) is 5.92 Å². The monoisotopic (exact) mass is 756 g/mol. The molecule has 2 aromatic heterocycles. The zero-order chi connectivity index (χ0) is 38.5. The van der Waals surface area contributed by atoms with Gasteiger partial charge in [0.05, 0.1) is 24.0 Å². The predicted molar refractivity (Wildman–Crippen MR) is 199 cm³/mol. The van der Waals surface area contributed by atoms with Crippen LogP contribution in [0.25, 0.3) is 16.6 Å². The van der Waals surface area contributed by atoms with E-state index < -0.39 is 41.8 Å². The van der Waals surface area contributed by atoms with E-state index in [1.54, 1.807) is 54.6 Å². The van der Waals surface area contributed by atoms with Crippen LogP contribution in [0.15, 0.2) is 73.1 Å². The van der Waals surface area contributed by atoms with Crippen LogP contribution >= 0.6 is 11.6 Å². The minimum atomic E-state index is -1.16. The number of piperazine rings is 1. The fourth-order valence-electron chi connectivity index (χ4n) is 6.30. The van der Waals surface area contributed by atoms with Gasteiger partial charge < -0.3 is 40.9 Å². The topological polar surface area (TPSA) is 228 Å². The quantitative estimate of drug-likeness (QED) is 0.0959. The number of hydrogen-bond acceptors (Lipinski definition) is 9. The number of hydrogen-bond donors (Lipinski definition) is 6. The number of aromatic amines is 1. The Hall–Kier alpha value is -6.33. The third-order valence-corrected chi connectivity index (χ3v) is 9.06. The molecule has 6 N–H and O–H groups in total. The van der Waals surface area contributed by atoms with Crippen molar-refractivity contribution in [3.8, 4) is 5.69 Å². The zero-order valence-electron chi connectivity index (χ0n) is 29.2. The maximum absolute atomic E-state index is 14.1. The van der Waals surface area contributed by atoms with Gasteiger partial charge >= 0.3 is 23.8 Å². The first kappa shape index (κ1) is 37.4. The Labute approximate surface area is 313 Å². The Morgan fingerprint density at radius 2 is 1.69 bits per heavy atom. The number of aliphatic hydroxyl groups is 1. The molecule has 1 fully saturated rings. The van der Waals surface area contributed by atoms with Gasteiger partial charge in [0.1, 0.15) is 18.1 Å². The molecule has 1 aliphatic rings. The van der Waals surface area contributed by atoms with E-state index in [-0.39, 0.29) is 37.7 Å². The number of rotatable bonds is 13. The van der Waals surface area contributed by atoms with Crippen molar-refractivity contribution < 1.29 is 34.2 Å². The van der Waals surface area contributed by atoms with Crippen molar-refractivity contribution in [3.05, 3.63) is 89.3 Å². The largest absolute Gasteiger partial charge is 0.477 e. The number of aromatic carboxylic acids is 1. The van der Waals surface area contributed by atoms with E-state index in [9.17, 15) is 34.2 Å². The molecule has 1 saturated heterocycles. The Kier molecular flexibility index (Phi) is 11.2. The number of carboxylic acids is 1. The second kappa shape index (κ2) is 16.1. The maximum atomic E-state index is 14.1. The van der Waals surface area contributed by atoms with E-state index in [2.05, 4.69) is 36.5 Å². The molecule has 3 aromatic carbocycles. The average molecular weight is 757 g/mol. The van der Waals surface area contributed by atoms with Crippen LogP contribution in [0, 0.1) is 5.92 Å². The van der Waals surface area contributed by atoms with Crippen LogP contribution in [0.2, 0.25) is 5.02 Å². The number of anilines is 3. The SMILES string of the molecule is CC(C)C[C@@H](CO)NC(=O)Nc1ccc(C[C@@H](C(=O)Nc2ccc3[nH]c(C(=O)O)cc3c2)N2CCN(c3cc(Cl)ccc3-n3cnnn3)C(=O)C2=O)cc1. The smallest absolute Gasteiger partial charge is 0.352 e. The number of carbonyl (C=O) groups is 5. The summed E-state index contributed by atoms with van der Waals surface area (Å²) in [4.78, 5) is 71.2. The van der Waals surface area contributed by atoms with Crippen LogP contribution in [0.4, 0.5) is 21.9 Å². The summed E-state index contributed by atoms with van der Waals surface area (Å²) in [6.07, 6.45) is 1.94. The van der Waals surface area contributed by atoms with E-state index in [1.807, 2.05) is 13.8 Å². The molecule has 18 heteroatoms. The molecule has 0 aliphatic carbocycles. The zero-order valence-corrected chi connectivity index (χ0v) is 29.9. The van der Waals surface area contributed by atoms with E-state index in [1.165, 1.54) is 32.9 Å². The van der Waals surface area contributed by atoms with Gasteiger partial charge in [0.25, 0.3) is 0 Å². The van der Waals surface area contributed by atoms with Gasteiger partial charge in [-0.2, -0.15) is 4.68 Å². The van der Waals surface area contributed by atoms with Gasteiger partial charge in [0.2, 0.25) is 5.91 Å². The van der Waals surface area contributed by atoms with Crippen molar-refractivity contribution >= 4 is 69.3 Å². The fourth-order valence-corrected chi connectivity index (χ4v) is 6.46. The summed E-state index contributed by atoms with van der Waals surface area (Å²) < 4.78 is 1.34. The van der Waals surface area contributed by atoms with Crippen LogP contribution in [-0.4, -0.2) is 102 Å². The summed E-state index contributed by atoms with van der Waals surface area (Å²) in [5, 5.41) is 39.4. The number of halogens is 1. The molecule has 54 heavy (non-hydrogen) atoms. The Balaban J connectivity index is 1.24. The number of urea groups is 1. The number of nitrogens with one attached hydrogen (secondary N) is 4. The van der Waals surface area contributed by atoms with Crippen molar-refractivity contribution in [2.45, 2.75) is 38.8 Å². The maximum Gasteiger partial charge on any atom is 0.352 e. The molecule has 17 nitrogen and oxygen atoms in total. The third kappa shape index (κ3) is 8.48. The van der Waals surface area contributed by atoms with Crippen LogP contribution in [0.3, 0.4) is 0 Å². The minimum absolute atomic E-state index is 0.000900. The number of amides is 5. The van der Waals surface area contributed by atoms with E-state index in [0.717, 1.165) is 0 Å². The number of aromatic nitrogens is 5. The second-order valence-corrected chi connectivity index (χ2v) is 13.6. The van der Waals surface area contributed by atoms with Crippen LogP contribution in [0.5, 0.6) is 0 Å². The highest BCUT2D eigenvalue weighted by atomic mass is 35.5. The number of tetrazole rings is 1. The lowest BCUT2D eigenvalue weighted by molar-refractivity contribution is -0.149. The number of carbonyl (C=O) groups excluding carboxylic acids is 4. The molecule has 2 atom stereocenters. The second-order valence-electron chi connectivity index (χ2n) is 13.1. The molecular weight excluding hydrogens is 720 g/mol. The molecule has 5 aromatic rings. The summed E-state index contributed by atoms with van der Waals surface area (Å²) in [7, 11) is 0. The molecule has 280 valence electrons. The van der Waals surface area contributed by atoms with Crippen LogP contribution in [0.1, 0.15) is 36.3 Å². The van der Waals surface area contributed by atoms with Crippen molar-refractivity contribution in [1.82, 2.24) is 35.4 Å². The molecule has 1 aliphatic heterocycles. The highest BCUT2D eigenvalue weighted by Crippen LogP contribution is 2.30. The van der Waals surface area contributed by atoms with Gasteiger partial charge in [-0.15, -0.1) is 5.10 Å². The lowest BCUT2D eigenvalue weighted by Gasteiger charge is -2.38. The Bertz CT molecular complexity index is 2190. The summed E-state index contributed by atoms with van der Waals surface area (Å²) in [5.41, 5.74) is 2.67. The normalized spacial score (nSPS) is 14.3. The van der Waals surface area contributed by atoms with Gasteiger partial charge in [0, 0.05) is 46.8 Å². The Morgan fingerprint density at radius 1 is 0.926 bits per heavy atom. The molecule has 0 spiro atoms. The van der Waals surface area contributed by atoms with E-state index in [0.29, 0.717) is 50.7 Å². The van der Waals surface area contributed by atoms with E-state index in [4.69, 9.17) is 11.6 Å². The first-order chi connectivity index (χ1) is 25.9. The number of benzene rings is 3. The molecule has 5 amide bonds. The number of fused-ring (bicyclic) bond motifs is 1. The Morgan fingerprint density at radius 3 is 2.37 bits per heavy atom. The predicted octanol–water partition coefficient (Wildman–Crippen LogP) is 3.45. The fraction of sp³-hybridized carbons (Fsp3) is 0.278. The lowest BCUT2D eigenvalue weighted by Crippen LogP contribution is -2.60. The molecule has 0 bridgehead atoms. The summed E-state index contributed by atoms with van der Waals surface area (Å²) in [5.74, 6) is -3.27. The number of carboxylic acid groups (broad SMARTS) is 1. The lowest BCUT2D eigenvalue weighted by atomic mass is 10.0. The summed E-state index contributed by atoms with van der Waals surface area (Å²) in [6, 6.07) is 15.6. The summed E-state index contributed by atoms with van der Waals surface area (Å²) >= 11 is 6.29. The molecule has 0 unspecified atom stereocenters. The van der Waals surface area contributed by atoms with Gasteiger partial charge in [0.15, 0.2) is 0 Å². The number of nitrogens with zero attached hydrogens (tertiary/aromatic N) is 6. The first-order valence-electron chi connectivity index (χ1n) is 17.0. The van der Waals surface area contributed by atoms with Crippen molar-refractivity contribution in [1.29, 1.82) is 0 Å². The van der Waals surface area contributed by atoms with Crippen LogP contribution in [-0.2, 0) is 20.8 Å². The van der Waals surface area contributed by atoms with Gasteiger partial charge in [-0.1, -0.05) is 37.6 Å². The van der Waals surface area contributed by atoms with Crippen molar-refractivity contribution in [3.63, 3.8) is 0 Å². The van der Waals surface area contributed by atoms with Gasteiger partial charge in [-0.05, 0) is 82.9 Å². The average Bonchev–Trinajstić information content (AvgIpc) is 3.83. The molecule has 0 radical (unpaired) electrons. The first-order valence-corrected chi connectivity index (χ1v) is 17.4. The summed E-state index contributed by atoms with van der Waals surface area (Å²) in [6.45, 7) is 3.77. The standard InChI is InChI=1S/C36H37ClN10O7/c1-20(2)13-26(18-48)41-36(54)40-24-6-3-21(4-7-24)14-31(32(49)39-25-8-9-27-22(15-25)16-28(42-27)35(52)53)46-12-11-45(33(50)34(46)51)30-17-23(37)5-10-29(30)47-19-38-43-44-47/h3-10,15-17,19-20,26,31,42,48H,11-14,18H2,1-2H3,(H,39,49)(H,52,53)(H2,40,41,54)/t26-,31-/m0/s1. The highest BCUT2D eigenvalue weighted by Gasteiger charge is 2.40. The highest BCUT2D eigenvalue weighted by molar-refractivity contribution is 6.41. The van der Waals surface area contributed by atoms with Gasteiger partial charge in [-0.3, -0.25) is 14.4 Å². The minimum Gasteiger partial charge on any atom is -0.477 e. The molecular formula is C36H37ClN10O7.